The first kappa shape index (κ1) is 14.6. The minimum absolute atomic E-state index is 0.181. The van der Waals surface area contributed by atoms with Crippen LogP contribution in [0.25, 0.3) is 0 Å². The van der Waals surface area contributed by atoms with Crippen LogP contribution in [0.15, 0.2) is 30.6 Å². The highest BCUT2D eigenvalue weighted by Gasteiger charge is 2.19. The van der Waals surface area contributed by atoms with Crippen molar-refractivity contribution >= 4 is 11.4 Å². The number of pyridine rings is 1. The van der Waals surface area contributed by atoms with Crippen LogP contribution in [-0.2, 0) is 0 Å². The fourth-order valence-electron chi connectivity index (χ4n) is 1.64. The largest absolute Gasteiger partial charge is 0.452 e. The first-order valence-electron chi connectivity index (χ1n) is 6.01. The van der Waals surface area contributed by atoms with Crippen molar-refractivity contribution in [2.24, 2.45) is 0 Å². The zero-order valence-corrected chi connectivity index (χ0v) is 11.0. The van der Waals surface area contributed by atoms with Crippen LogP contribution in [0.5, 0.6) is 11.5 Å². The normalized spacial score (nSPS) is 10.2. The number of nitro groups is 1. The molecule has 0 radical (unpaired) electrons. The van der Waals surface area contributed by atoms with Crippen molar-refractivity contribution in [2.45, 2.75) is 6.92 Å². The average Bonchev–Trinajstić information content (AvgIpc) is 2.43. The fraction of sp³-hybridized carbons (Fsp3) is 0.154. The first-order valence-corrected chi connectivity index (χ1v) is 6.01. The van der Waals surface area contributed by atoms with E-state index in [9.17, 15) is 18.9 Å². The summed E-state index contributed by atoms with van der Waals surface area (Å²) in [5, 5.41) is 13.5. The van der Waals surface area contributed by atoms with Crippen molar-refractivity contribution < 1.29 is 18.4 Å². The molecule has 6 nitrogen and oxygen atoms in total. The lowest BCUT2D eigenvalue weighted by Gasteiger charge is -2.08. The zero-order chi connectivity index (χ0) is 15.4. The van der Waals surface area contributed by atoms with E-state index in [4.69, 9.17) is 4.74 Å². The smallest absolute Gasteiger partial charge is 0.307 e. The third-order valence-corrected chi connectivity index (χ3v) is 2.52. The summed E-state index contributed by atoms with van der Waals surface area (Å²) >= 11 is 0. The standard InChI is InChI=1S/C13H11F2N3O3/c1-2-17-8-3-9(7-16-6-8)21-13-5-10(14)12(18(19)20)4-11(13)15/h3-7,17H,2H2,1H3. The van der Waals surface area contributed by atoms with E-state index in [0.29, 0.717) is 24.4 Å². The number of nitro benzene ring substituents is 1. The Morgan fingerprint density at radius 2 is 2.05 bits per heavy atom. The number of ether oxygens (including phenoxy) is 1. The molecule has 0 fully saturated rings. The highest BCUT2D eigenvalue weighted by Crippen LogP contribution is 2.30. The van der Waals surface area contributed by atoms with E-state index in [1.54, 1.807) is 12.3 Å². The Kier molecular flexibility index (Phi) is 4.27. The number of rotatable bonds is 5. The molecular formula is C13H11F2N3O3. The number of benzene rings is 1. The molecule has 1 aromatic carbocycles. The predicted molar refractivity (Wildman–Crippen MR) is 71.5 cm³/mol. The van der Waals surface area contributed by atoms with E-state index in [0.717, 1.165) is 0 Å². The Morgan fingerprint density at radius 1 is 1.29 bits per heavy atom. The molecule has 2 aromatic rings. The van der Waals surface area contributed by atoms with Gasteiger partial charge in [-0.05, 0) is 6.92 Å². The molecule has 2 rings (SSSR count). The first-order chi connectivity index (χ1) is 10.0. The summed E-state index contributed by atoms with van der Waals surface area (Å²) in [6.45, 7) is 2.55. The summed E-state index contributed by atoms with van der Waals surface area (Å²) in [4.78, 5) is 13.4. The molecule has 1 heterocycles. The monoisotopic (exact) mass is 295 g/mol. The second-order valence-corrected chi connectivity index (χ2v) is 4.03. The number of nitrogens with one attached hydrogen (secondary N) is 1. The van der Waals surface area contributed by atoms with E-state index >= 15 is 0 Å². The Bertz CT molecular complexity index is 680. The van der Waals surface area contributed by atoms with Crippen LogP contribution >= 0.6 is 0 Å². The molecule has 8 heteroatoms. The van der Waals surface area contributed by atoms with Gasteiger partial charge in [-0.1, -0.05) is 0 Å². The second kappa shape index (κ2) is 6.12. The second-order valence-electron chi connectivity index (χ2n) is 4.03. The lowest BCUT2D eigenvalue weighted by Crippen LogP contribution is -1.99. The van der Waals surface area contributed by atoms with Gasteiger partial charge in [-0.25, -0.2) is 4.39 Å². The van der Waals surface area contributed by atoms with E-state index in [1.807, 2.05) is 6.92 Å². The molecule has 1 N–H and O–H groups in total. The number of aromatic nitrogens is 1. The lowest BCUT2D eigenvalue weighted by atomic mass is 10.2. The molecule has 1 aromatic heterocycles. The third-order valence-electron chi connectivity index (χ3n) is 2.52. The third kappa shape index (κ3) is 3.41. The van der Waals surface area contributed by atoms with Crippen LogP contribution in [0, 0.1) is 21.7 Å². The predicted octanol–water partition coefficient (Wildman–Crippen LogP) is 3.49. The summed E-state index contributed by atoms with van der Waals surface area (Å²) in [7, 11) is 0. The fourth-order valence-corrected chi connectivity index (χ4v) is 1.64. The summed E-state index contributed by atoms with van der Waals surface area (Å²) < 4.78 is 32.3. The number of nitrogens with zero attached hydrogens (tertiary/aromatic N) is 2. The quantitative estimate of drug-likeness (QED) is 0.675. The molecule has 0 saturated carbocycles. The molecule has 0 spiro atoms. The molecule has 0 unspecified atom stereocenters. The van der Waals surface area contributed by atoms with Crippen LogP contribution in [0.2, 0.25) is 0 Å². The van der Waals surface area contributed by atoms with Crippen LogP contribution in [0.3, 0.4) is 0 Å². The maximum Gasteiger partial charge on any atom is 0.307 e. The van der Waals surface area contributed by atoms with E-state index < -0.39 is 28.0 Å². The van der Waals surface area contributed by atoms with E-state index in [-0.39, 0.29) is 5.75 Å². The van der Waals surface area contributed by atoms with Gasteiger partial charge < -0.3 is 10.1 Å². The Hall–Kier alpha value is -2.77. The number of anilines is 1. The van der Waals surface area contributed by atoms with Crippen molar-refractivity contribution in [3.63, 3.8) is 0 Å². The highest BCUT2D eigenvalue weighted by atomic mass is 19.1. The van der Waals surface area contributed by atoms with Gasteiger partial charge in [0.05, 0.1) is 29.1 Å². The van der Waals surface area contributed by atoms with Crippen molar-refractivity contribution in [3.8, 4) is 11.5 Å². The van der Waals surface area contributed by atoms with Crippen molar-refractivity contribution in [1.82, 2.24) is 4.98 Å². The van der Waals surface area contributed by atoms with Gasteiger partial charge in [-0.3, -0.25) is 15.1 Å². The maximum absolute atomic E-state index is 13.7. The van der Waals surface area contributed by atoms with Gasteiger partial charge in [0.2, 0.25) is 5.82 Å². The van der Waals surface area contributed by atoms with E-state index in [2.05, 4.69) is 10.3 Å². The average molecular weight is 295 g/mol. The Morgan fingerprint density at radius 3 is 2.71 bits per heavy atom. The number of hydrogen-bond acceptors (Lipinski definition) is 5. The maximum atomic E-state index is 13.7. The van der Waals surface area contributed by atoms with Gasteiger partial charge >= 0.3 is 5.69 Å². The Labute approximate surface area is 118 Å². The minimum atomic E-state index is -1.17. The van der Waals surface area contributed by atoms with Gasteiger partial charge in [0.25, 0.3) is 0 Å². The molecule has 0 aliphatic heterocycles. The van der Waals surface area contributed by atoms with Crippen LogP contribution in [-0.4, -0.2) is 16.5 Å². The lowest BCUT2D eigenvalue weighted by molar-refractivity contribution is -0.387. The Balaban J connectivity index is 2.29. The van der Waals surface area contributed by atoms with Gasteiger partial charge in [0.15, 0.2) is 11.6 Å². The van der Waals surface area contributed by atoms with Crippen molar-refractivity contribution in [3.05, 3.63) is 52.3 Å². The molecule has 0 saturated heterocycles. The summed E-state index contributed by atoms with van der Waals surface area (Å²) in [6.07, 6.45) is 2.86. The zero-order valence-electron chi connectivity index (χ0n) is 11.0. The summed E-state index contributed by atoms with van der Waals surface area (Å²) in [5.41, 5.74) is -0.294. The van der Waals surface area contributed by atoms with Crippen LogP contribution in [0.4, 0.5) is 20.2 Å². The molecule has 0 aliphatic carbocycles. The number of halogens is 2. The molecule has 0 aliphatic rings. The van der Waals surface area contributed by atoms with Crippen molar-refractivity contribution in [1.29, 1.82) is 0 Å². The summed E-state index contributed by atoms with van der Waals surface area (Å²) in [6, 6.07) is 2.66. The van der Waals surface area contributed by atoms with Gasteiger partial charge in [-0.15, -0.1) is 0 Å². The van der Waals surface area contributed by atoms with Gasteiger partial charge in [-0.2, -0.15) is 4.39 Å². The SMILES string of the molecule is CCNc1cncc(Oc2cc(F)c([N+](=O)[O-])cc2F)c1. The number of hydrogen-bond donors (Lipinski definition) is 1. The summed E-state index contributed by atoms with van der Waals surface area (Å²) in [5.74, 6) is -2.47. The molecule has 0 amide bonds. The van der Waals surface area contributed by atoms with Crippen LogP contribution < -0.4 is 10.1 Å². The van der Waals surface area contributed by atoms with Crippen LogP contribution in [0.1, 0.15) is 6.92 Å². The molecule has 21 heavy (non-hydrogen) atoms. The van der Waals surface area contributed by atoms with E-state index in [1.165, 1.54) is 6.20 Å². The molecule has 0 atom stereocenters. The van der Waals surface area contributed by atoms with Gasteiger partial charge in [0, 0.05) is 18.7 Å². The molecular weight excluding hydrogens is 284 g/mol. The van der Waals surface area contributed by atoms with Crippen molar-refractivity contribution in [2.75, 3.05) is 11.9 Å². The van der Waals surface area contributed by atoms with Gasteiger partial charge in [0.1, 0.15) is 5.75 Å². The minimum Gasteiger partial charge on any atom is -0.452 e. The molecule has 110 valence electrons. The highest BCUT2D eigenvalue weighted by molar-refractivity contribution is 5.47. The topological polar surface area (TPSA) is 77.3 Å². The molecule has 0 bridgehead atoms.